The number of nitrogens with two attached hydrogens (primary N) is 1. The third-order valence-electron chi connectivity index (χ3n) is 4.64. The van der Waals surface area contributed by atoms with Gasteiger partial charge in [-0.2, -0.15) is 0 Å². The van der Waals surface area contributed by atoms with E-state index < -0.39 is 11.5 Å². The van der Waals surface area contributed by atoms with Crippen molar-refractivity contribution in [3.8, 4) is 0 Å². The Morgan fingerprint density at radius 2 is 2.00 bits per heavy atom. The molecule has 0 aromatic carbocycles. The maximum absolute atomic E-state index is 12.2. The van der Waals surface area contributed by atoms with Gasteiger partial charge in [0, 0.05) is 19.1 Å². The minimum Gasteiger partial charge on any atom is -0.480 e. The van der Waals surface area contributed by atoms with Crippen molar-refractivity contribution < 1.29 is 14.7 Å². The van der Waals surface area contributed by atoms with Crippen molar-refractivity contribution in [1.82, 2.24) is 10.2 Å². The molecule has 2 fully saturated rings. The average molecular weight is 283 g/mol. The Morgan fingerprint density at radius 3 is 2.55 bits per heavy atom. The van der Waals surface area contributed by atoms with Crippen LogP contribution in [-0.2, 0) is 9.59 Å². The number of carbonyl (C=O) groups excluding carboxylic acids is 1. The van der Waals surface area contributed by atoms with E-state index >= 15 is 0 Å². The zero-order chi connectivity index (χ0) is 14.8. The number of amides is 1. The van der Waals surface area contributed by atoms with Crippen molar-refractivity contribution in [3.63, 3.8) is 0 Å². The molecule has 0 spiro atoms. The van der Waals surface area contributed by atoms with Crippen molar-refractivity contribution in [2.24, 2.45) is 5.73 Å². The Morgan fingerprint density at radius 1 is 1.35 bits per heavy atom. The second kappa shape index (κ2) is 6.10. The van der Waals surface area contributed by atoms with Gasteiger partial charge in [-0.05, 0) is 26.2 Å². The molecule has 1 saturated carbocycles. The Kier molecular flexibility index (Phi) is 4.65. The van der Waals surface area contributed by atoms with Crippen LogP contribution in [0.3, 0.4) is 0 Å². The lowest BCUT2D eigenvalue weighted by molar-refractivity contribution is -0.143. The first kappa shape index (κ1) is 15.3. The molecule has 20 heavy (non-hydrogen) atoms. The van der Waals surface area contributed by atoms with Crippen molar-refractivity contribution in [2.45, 2.75) is 63.1 Å². The first-order valence-corrected chi connectivity index (χ1v) is 7.49. The molecule has 1 amide bonds. The number of aliphatic carboxylic acids is 1. The standard InChI is InChI=1S/C14H25N3O3/c1-10(12(18)16-11-5-3-2-4-6-11)17-8-7-14(15,9-17)13(19)20/h10-11H,2-9,15H2,1H3,(H,16,18)(H,19,20). The zero-order valence-corrected chi connectivity index (χ0v) is 12.1. The molecular weight excluding hydrogens is 258 g/mol. The lowest BCUT2D eigenvalue weighted by Crippen LogP contribution is -2.53. The van der Waals surface area contributed by atoms with E-state index in [4.69, 9.17) is 10.8 Å². The topological polar surface area (TPSA) is 95.7 Å². The van der Waals surface area contributed by atoms with Crippen LogP contribution >= 0.6 is 0 Å². The van der Waals surface area contributed by atoms with Crippen LogP contribution in [0.2, 0.25) is 0 Å². The quantitative estimate of drug-likeness (QED) is 0.690. The number of hydrogen-bond donors (Lipinski definition) is 3. The highest BCUT2D eigenvalue weighted by Crippen LogP contribution is 2.22. The molecule has 6 heteroatoms. The first-order valence-electron chi connectivity index (χ1n) is 7.49. The zero-order valence-electron chi connectivity index (χ0n) is 12.1. The second-order valence-electron chi connectivity index (χ2n) is 6.20. The normalized spacial score (nSPS) is 30.1. The molecule has 1 heterocycles. The lowest BCUT2D eigenvalue weighted by Gasteiger charge is -2.28. The van der Waals surface area contributed by atoms with Crippen molar-refractivity contribution >= 4 is 11.9 Å². The summed E-state index contributed by atoms with van der Waals surface area (Å²) in [5, 5.41) is 12.2. The fraction of sp³-hybridized carbons (Fsp3) is 0.857. The minimum absolute atomic E-state index is 0.00783. The lowest BCUT2D eigenvalue weighted by atomic mass is 9.95. The monoisotopic (exact) mass is 283 g/mol. The van der Waals surface area contributed by atoms with Crippen molar-refractivity contribution in [3.05, 3.63) is 0 Å². The van der Waals surface area contributed by atoms with E-state index in [1.807, 2.05) is 11.8 Å². The van der Waals surface area contributed by atoms with Crippen molar-refractivity contribution in [2.75, 3.05) is 13.1 Å². The van der Waals surface area contributed by atoms with Crippen LogP contribution in [0.1, 0.15) is 45.4 Å². The van der Waals surface area contributed by atoms with Crippen LogP contribution < -0.4 is 11.1 Å². The van der Waals surface area contributed by atoms with Crippen LogP contribution in [0.25, 0.3) is 0 Å². The van der Waals surface area contributed by atoms with Gasteiger partial charge < -0.3 is 16.2 Å². The van der Waals surface area contributed by atoms with Crippen LogP contribution in [-0.4, -0.2) is 52.6 Å². The van der Waals surface area contributed by atoms with Crippen LogP contribution in [0.4, 0.5) is 0 Å². The van der Waals surface area contributed by atoms with E-state index in [0.717, 1.165) is 12.8 Å². The summed E-state index contributed by atoms with van der Waals surface area (Å²) >= 11 is 0. The Labute approximate surface area is 119 Å². The molecule has 2 unspecified atom stereocenters. The summed E-state index contributed by atoms with van der Waals surface area (Å²) in [6.07, 6.45) is 6.09. The third-order valence-corrected chi connectivity index (χ3v) is 4.64. The molecule has 114 valence electrons. The summed E-state index contributed by atoms with van der Waals surface area (Å²) in [6, 6.07) is -0.0369. The summed E-state index contributed by atoms with van der Waals surface area (Å²) in [7, 11) is 0. The summed E-state index contributed by atoms with van der Waals surface area (Å²) in [5.74, 6) is -0.994. The highest BCUT2D eigenvalue weighted by Gasteiger charge is 2.43. The number of rotatable bonds is 4. The number of carbonyl (C=O) groups is 2. The maximum atomic E-state index is 12.2. The molecule has 0 aromatic rings. The van der Waals surface area contributed by atoms with E-state index in [0.29, 0.717) is 13.0 Å². The molecule has 0 bridgehead atoms. The van der Waals surface area contributed by atoms with Gasteiger partial charge in [0.05, 0.1) is 6.04 Å². The number of nitrogens with zero attached hydrogens (tertiary/aromatic N) is 1. The molecule has 1 aliphatic carbocycles. The second-order valence-corrected chi connectivity index (χ2v) is 6.20. The number of nitrogens with one attached hydrogen (secondary N) is 1. The fourth-order valence-corrected chi connectivity index (χ4v) is 3.10. The number of likely N-dealkylation sites (tertiary alicyclic amines) is 1. The van der Waals surface area contributed by atoms with Crippen LogP contribution in [0.15, 0.2) is 0 Å². The van der Waals surface area contributed by atoms with Gasteiger partial charge in [0.15, 0.2) is 0 Å². The molecule has 4 N–H and O–H groups in total. The SMILES string of the molecule is CC(C(=O)NC1CCCCC1)N1CCC(N)(C(=O)O)C1. The van der Waals surface area contributed by atoms with E-state index in [9.17, 15) is 9.59 Å². The van der Waals surface area contributed by atoms with E-state index in [1.165, 1.54) is 19.3 Å². The Hall–Kier alpha value is -1.14. The van der Waals surface area contributed by atoms with Gasteiger partial charge in [-0.3, -0.25) is 14.5 Å². The maximum Gasteiger partial charge on any atom is 0.325 e. The number of hydrogen-bond acceptors (Lipinski definition) is 4. The van der Waals surface area contributed by atoms with Crippen LogP contribution in [0.5, 0.6) is 0 Å². The number of carboxylic acids is 1. The highest BCUT2D eigenvalue weighted by molar-refractivity contribution is 5.83. The molecule has 1 saturated heterocycles. The van der Waals surface area contributed by atoms with Gasteiger partial charge in [-0.1, -0.05) is 19.3 Å². The molecule has 0 radical (unpaired) electrons. The predicted molar refractivity (Wildman–Crippen MR) is 75.2 cm³/mol. The number of carboxylic acid groups (broad SMARTS) is 1. The van der Waals surface area contributed by atoms with E-state index in [1.54, 1.807) is 0 Å². The summed E-state index contributed by atoms with van der Waals surface area (Å²) in [4.78, 5) is 25.2. The first-order chi connectivity index (χ1) is 9.42. The van der Waals surface area contributed by atoms with Gasteiger partial charge in [-0.25, -0.2) is 0 Å². The van der Waals surface area contributed by atoms with E-state index in [2.05, 4.69) is 5.32 Å². The molecular formula is C14H25N3O3. The summed E-state index contributed by atoms with van der Waals surface area (Å²) in [5.41, 5.74) is 4.63. The van der Waals surface area contributed by atoms with Gasteiger partial charge in [0.25, 0.3) is 0 Å². The van der Waals surface area contributed by atoms with Gasteiger partial charge in [0.1, 0.15) is 5.54 Å². The van der Waals surface area contributed by atoms with Gasteiger partial charge >= 0.3 is 5.97 Å². The molecule has 1 aliphatic heterocycles. The largest absolute Gasteiger partial charge is 0.480 e. The average Bonchev–Trinajstić information content (AvgIpc) is 2.83. The molecule has 2 rings (SSSR count). The summed E-state index contributed by atoms with van der Waals surface area (Å²) < 4.78 is 0. The molecule has 2 atom stereocenters. The molecule has 0 aromatic heterocycles. The van der Waals surface area contributed by atoms with Crippen LogP contribution in [0, 0.1) is 0 Å². The molecule has 2 aliphatic rings. The van der Waals surface area contributed by atoms with Crippen molar-refractivity contribution in [1.29, 1.82) is 0 Å². The smallest absolute Gasteiger partial charge is 0.325 e. The fourth-order valence-electron chi connectivity index (χ4n) is 3.10. The Bertz CT molecular complexity index is 382. The summed E-state index contributed by atoms with van der Waals surface area (Å²) in [6.45, 7) is 2.62. The predicted octanol–water partition coefficient (Wildman–Crippen LogP) is 0.312. The Balaban J connectivity index is 1.86. The van der Waals surface area contributed by atoms with E-state index in [-0.39, 0.29) is 24.5 Å². The van der Waals surface area contributed by atoms with Gasteiger partial charge in [0.2, 0.25) is 5.91 Å². The molecule has 6 nitrogen and oxygen atoms in total. The highest BCUT2D eigenvalue weighted by atomic mass is 16.4. The third kappa shape index (κ3) is 3.30. The minimum atomic E-state index is -1.21. The van der Waals surface area contributed by atoms with Gasteiger partial charge in [-0.15, -0.1) is 0 Å².